The van der Waals surface area contributed by atoms with E-state index in [1.54, 1.807) is 0 Å². The Kier molecular flexibility index (Phi) is 10.3. The molecule has 0 aliphatic rings. The van der Waals surface area contributed by atoms with Gasteiger partial charge in [0.2, 0.25) is 0 Å². The number of aliphatic imine (C=N–C) groups is 1. The summed E-state index contributed by atoms with van der Waals surface area (Å²) in [6.07, 6.45) is -0.315. The number of benzene rings is 2. The van der Waals surface area contributed by atoms with E-state index in [-0.39, 0.29) is 12.2 Å². The van der Waals surface area contributed by atoms with Gasteiger partial charge in [-0.05, 0) is 63.4 Å². The lowest BCUT2D eigenvalue weighted by Crippen LogP contribution is -2.39. The van der Waals surface area contributed by atoms with Crippen LogP contribution in [0.4, 0.5) is 0 Å². The molecule has 0 aliphatic heterocycles. The van der Waals surface area contributed by atoms with Crippen LogP contribution in [0.25, 0.3) is 0 Å². The Morgan fingerprint density at radius 1 is 0.968 bits per heavy atom. The van der Waals surface area contributed by atoms with Crippen LogP contribution in [0.15, 0.2) is 53.5 Å². The first-order valence-electron chi connectivity index (χ1n) is 11.0. The molecule has 0 saturated heterocycles. The van der Waals surface area contributed by atoms with E-state index in [0.717, 1.165) is 29.0 Å². The van der Waals surface area contributed by atoms with Gasteiger partial charge >= 0.3 is 0 Å². The monoisotopic (exact) mass is 427 g/mol. The van der Waals surface area contributed by atoms with E-state index < -0.39 is 6.10 Å². The van der Waals surface area contributed by atoms with Crippen molar-refractivity contribution in [2.45, 2.75) is 66.1 Å². The second-order valence-corrected chi connectivity index (χ2v) is 8.01. The Balaban J connectivity index is 1.93. The Labute approximate surface area is 186 Å². The van der Waals surface area contributed by atoms with Gasteiger partial charge in [0.25, 0.3) is 0 Å². The summed E-state index contributed by atoms with van der Waals surface area (Å²) in [5.74, 6) is 1.47. The summed E-state index contributed by atoms with van der Waals surface area (Å²) in [5, 5.41) is 17.0. The molecule has 0 amide bonds. The maximum Gasteiger partial charge on any atom is 0.191 e. The molecule has 0 heterocycles. The van der Waals surface area contributed by atoms with Crippen LogP contribution >= 0.6 is 0 Å². The van der Waals surface area contributed by atoms with Crippen molar-refractivity contribution < 1.29 is 14.6 Å². The minimum atomic E-state index is -0.645. The third-order valence-electron chi connectivity index (χ3n) is 4.44. The maximum absolute atomic E-state index is 10.5. The third-order valence-corrected chi connectivity index (χ3v) is 4.44. The van der Waals surface area contributed by atoms with Gasteiger partial charge in [-0.25, -0.2) is 4.99 Å². The first-order chi connectivity index (χ1) is 14.9. The van der Waals surface area contributed by atoms with Crippen molar-refractivity contribution in [1.82, 2.24) is 10.6 Å². The number of nitrogens with one attached hydrogen (secondary N) is 2. The predicted molar refractivity (Wildman–Crippen MR) is 126 cm³/mol. The number of aliphatic hydroxyl groups is 1. The Morgan fingerprint density at radius 3 is 2.32 bits per heavy atom. The van der Waals surface area contributed by atoms with E-state index >= 15 is 0 Å². The molecule has 31 heavy (non-hydrogen) atoms. The van der Waals surface area contributed by atoms with Gasteiger partial charge in [0.05, 0.1) is 31.5 Å². The topological polar surface area (TPSA) is 75.1 Å². The fourth-order valence-electron chi connectivity index (χ4n) is 2.94. The number of guanidine groups is 1. The standard InChI is InChI=1S/C25H37N3O3/c1-6-26-25(27-15-20-8-7-9-21(14-20)17-30-18(2)3)28-16-24(29)22-10-12-23(13-11-22)31-19(4)5/h7-14,18-19,24,29H,6,15-17H2,1-5H3,(H2,26,27,28). The lowest BCUT2D eigenvalue weighted by Gasteiger charge is -2.16. The zero-order valence-electron chi connectivity index (χ0n) is 19.4. The zero-order chi connectivity index (χ0) is 22.6. The van der Waals surface area contributed by atoms with Crippen molar-refractivity contribution in [3.05, 3.63) is 65.2 Å². The molecule has 6 nitrogen and oxygen atoms in total. The van der Waals surface area contributed by atoms with Gasteiger partial charge in [-0.3, -0.25) is 0 Å². The van der Waals surface area contributed by atoms with Gasteiger partial charge in [0, 0.05) is 13.1 Å². The quantitative estimate of drug-likeness (QED) is 0.370. The molecule has 0 aliphatic carbocycles. The summed E-state index contributed by atoms with van der Waals surface area (Å²) in [5.41, 5.74) is 3.08. The summed E-state index contributed by atoms with van der Waals surface area (Å²) in [7, 11) is 0. The fourth-order valence-corrected chi connectivity index (χ4v) is 2.94. The van der Waals surface area contributed by atoms with Gasteiger partial charge in [-0.1, -0.05) is 36.4 Å². The molecule has 3 N–H and O–H groups in total. The van der Waals surface area contributed by atoms with Crippen LogP contribution in [-0.2, 0) is 17.9 Å². The van der Waals surface area contributed by atoms with Crippen LogP contribution in [0.5, 0.6) is 5.75 Å². The second-order valence-electron chi connectivity index (χ2n) is 8.01. The zero-order valence-corrected chi connectivity index (χ0v) is 19.4. The van der Waals surface area contributed by atoms with Crippen LogP contribution in [0.1, 0.15) is 57.4 Å². The van der Waals surface area contributed by atoms with E-state index in [2.05, 4.69) is 33.8 Å². The van der Waals surface area contributed by atoms with Crippen molar-refractivity contribution in [1.29, 1.82) is 0 Å². The normalized spacial score (nSPS) is 12.8. The number of aliphatic hydroxyl groups excluding tert-OH is 1. The molecule has 6 heteroatoms. The SMILES string of the molecule is CCNC(=NCc1cccc(COC(C)C)c1)NCC(O)c1ccc(OC(C)C)cc1. The Bertz CT molecular complexity index is 804. The molecular formula is C25H37N3O3. The molecule has 0 fully saturated rings. The summed E-state index contributed by atoms with van der Waals surface area (Å²) in [6.45, 7) is 12.3. The van der Waals surface area contributed by atoms with Crippen LogP contribution in [0.2, 0.25) is 0 Å². The highest BCUT2D eigenvalue weighted by atomic mass is 16.5. The lowest BCUT2D eigenvalue weighted by molar-refractivity contribution is 0.0657. The van der Waals surface area contributed by atoms with Crippen molar-refractivity contribution >= 4 is 5.96 Å². The van der Waals surface area contributed by atoms with Crippen molar-refractivity contribution in [2.24, 2.45) is 4.99 Å². The minimum absolute atomic E-state index is 0.125. The van der Waals surface area contributed by atoms with Crippen molar-refractivity contribution in [3.8, 4) is 5.75 Å². The Morgan fingerprint density at radius 2 is 1.68 bits per heavy atom. The largest absolute Gasteiger partial charge is 0.491 e. The van der Waals surface area contributed by atoms with Gasteiger partial charge in [-0.15, -0.1) is 0 Å². The molecule has 0 saturated carbocycles. The number of nitrogens with zero attached hydrogens (tertiary/aromatic N) is 1. The number of rotatable bonds is 11. The summed E-state index contributed by atoms with van der Waals surface area (Å²) >= 11 is 0. The first kappa shape index (κ1) is 24.7. The Hall–Kier alpha value is -2.57. The molecule has 1 unspecified atom stereocenters. The third kappa shape index (κ3) is 9.40. The minimum Gasteiger partial charge on any atom is -0.491 e. The first-order valence-corrected chi connectivity index (χ1v) is 11.0. The summed E-state index contributed by atoms with van der Waals surface area (Å²) in [4.78, 5) is 4.65. The van der Waals surface area contributed by atoms with E-state index in [1.165, 1.54) is 0 Å². The molecule has 2 aromatic carbocycles. The molecule has 170 valence electrons. The van der Waals surface area contributed by atoms with E-state index in [1.807, 2.05) is 65.0 Å². The molecule has 2 aromatic rings. The van der Waals surface area contributed by atoms with Crippen LogP contribution in [0.3, 0.4) is 0 Å². The van der Waals surface area contributed by atoms with Crippen LogP contribution in [0, 0.1) is 0 Å². The van der Waals surface area contributed by atoms with Gasteiger partial charge in [0.15, 0.2) is 5.96 Å². The molecule has 0 spiro atoms. The number of hydrogen-bond donors (Lipinski definition) is 3. The highest BCUT2D eigenvalue weighted by Gasteiger charge is 2.09. The van der Waals surface area contributed by atoms with Crippen LogP contribution in [-0.4, -0.2) is 36.4 Å². The molecule has 0 radical (unpaired) electrons. The number of hydrogen-bond acceptors (Lipinski definition) is 4. The lowest BCUT2D eigenvalue weighted by atomic mass is 10.1. The van der Waals surface area contributed by atoms with E-state index in [4.69, 9.17) is 9.47 Å². The molecule has 0 aromatic heterocycles. The molecular weight excluding hydrogens is 390 g/mol. The second kappa shape index (κ2) is 13.0. The summed E-state index contributed by atoms with van der Waals surface area (Å²) < 4.78 is 11.3. The number of ether oxygens (including phenoxy) is 2. The molecule has 1 atom stereocenters. The molecule has 0 bridgehead atoms. The average molecular weight is 428 g/mol. The van der Waals surface area contributed by atoms with Gasteiger partial charge < -0.3 is 25.2 Å². The highest BCUT2D eigenvalue weighted by molar-refractivity contribution is 5.79. The van der Waals surface area contributed by atoms with Gasteiger partial charge in [0.1, 0.15) is 5.75 Å². The van der Waals surface area contributed by atoms with Crippen LogP contribution < -0.4 is 15.4 Å². The van der Waals surface area contributed by atoms with E-state index in [0.29, 0.717) is 25.7 Å². The van der Waals surface area contributed by atoms with Crippen molar-refractivity contribution in [3.63, 3.8) is 0 Å². The predicted octanol–water partition coefficient (Wildman–Crippen LogP) is 4.19. The van der Waals surface area contributed by atoms with Crippen molar-refractivity contribution in [2.75, 3.05) is 13.1 Å². The van der Waals surface area contributed by atoms with E-state index in [9.17, 15) is 5.11 Å². The molecule has 2 rings (SSSR count). The highest BCUT2D eigenvalue weighted by Crippen LogP contribution is 2.18. The fraction of sp³-hybridized carbons (Fsp3) is 0.480. The average Bonchev–Trinajstić information content (AvgIpc) is 2.74. The maximum atomic E-state index is 10.5. The van der Waals surface area contributed by atoms with Gasteiger partial charge in [-0.2, -0.15) is 0 Å². The summed E-state index contributed by atoms with van der Waals surface area (Å²) in [6, 6.07) is 15.8. The smallest absolute Gasteiger partial charge is 0.191 e.